The van der Waals surface area contributed by atoms with Crippen LogP contribution in [0, 0.1) is 10.5 Å². The van der Waals surface area contributed by atoms with Gasteiger partial charge in [0.2, 0.25) is 0 Å². The van der Waals surface area contributed by atoms with Gasteiger partial charge in [-0.2, -0.15) is 0 Å². The first-order chi connectivity index (χ1) is 8.63. The third-order valence-electron chi connectivity index (χ3n) is 2.29. The Morgan fingerprint density at radius 2 is 1.89 bits per heavy atom. The molecule has 0 unspecified atom stereocenters. The highest BCUT2D eigenvalue weighted by atomic mass is 127. The molecular weight excluding hydrogens is 341 g/mol. The van der Waals surface area contributed by atoms with Crippen LogP contribution in [-0.2, 0) is 0 Å². The zero-order valence-electron chi connectivity index (χ0n) is 9.81. The Kier molecular flexibility index (Phi) is 4.19. The third-order valence-corrected chi connectivity index (χ3v) is 3.01. The molecule has 0 aliphatic rings. The summed E-state index contributed by atoms with van der Waals surface area (Å²) in [5.41, 5.74) is 1.77. The van der Waals surface area contributed by atoms with Gasteiger partial charge in [-0.3, -0.25) is 5.32 Å². The molecule has 0 atom stereocenters. The number of hydrogen-bond acceptors (Lipinski definition) is 2. The molecule has 0 saturated carbocycles. The number of carbonyl (C=O) groups is 1. The van der Waals surface area contributed by atoms with Crippen molar-refractivity contribution in [3.05, 3.63) is 57.7 Å². The summed E-state index contributed by atoms with van der Waals surface area (Å²) in [7, 11) is 0. The van der Waals surface area contributed by atoms with Gasteiger partial charge in [0.25, 0.3) is 0 Å². The number of hydrogen-bond donors (Lipinski definition) is 1. The minimum atomic E-state index is -0.484. The average Bonchev–Trinajstić information content (AvgIpc) is 2.32. The lowest BCUT2D eigenvalue weighted by Gasteiger charge is -2.07. The van der Waals surface area contributed by atoms with Crippen molar-refractivity contribution >= 4 is 34.4 Å². The van der Waals surface area contributed by atoms with E-state index in [1.165, 1.54) is 0 Å². The van der Waals surface area contributed by atoms with Gasteiger partial charge in [0.1, 0.15) is 5.75 Å². The summed E-state index contributed by atoms with van der Waals surface area (Å²) in [6.07, 6.45) is -0.484. The topological polar surface area (TPSA) is 38.3 Å². The van der Waals surface area contributed by atoms with Crippen molar-refractivity contribution in [2.24, 2.45) is 0 Å². The standard InChI is InChI=1S/C14H12INO2/c1-10-3-2-4-13(9-10)18-14(17)16-12-7-5-11(15)6-8-12/h2-9H,1H3,(H,16,17). The smallest absolute Gasteiger partial charge is 0.410 e. The highest BCUT2D eigenvalue weighted by Crippen LogP contribution is 2.15. The molecule has 0 heterocycles. The van der Waals surface area contributed by atoms with E-state index in [0.717, 1.165) is 9.13 Å². The fourth-order valence-corrected chi connectivity index (χ4v) is 1.82. The van der Waals surface area contributed by atoms with Crippen LogP contribution in [-0.4, -0.2) is 6.09 Å². The Labute approximate surface area is 119 Å². The maximum absolute atomic E-state index is 11.6. The number of anilines is 1. The Balaban J connectivity index is 1.98. The van der Waals surface area contributed by atoms with E-state index in [4.69, 9.17) is 4.74 Å². The molecule has 1 amide bonds. The summed E-state index contributed by atoms with van der Waals surface area (Å²) >= 11 is 2.21. The maximum atomic E-state index is 11.6. The number of aryl methyl sites for hydroxylation is 1. The van der Waals surface area contributed by atoms with Crippen molar-refractivity contribution in [1.29, 1.82) is 0 Å². The molecule has 2 aromatic rings. The van der Waals surface area contributed by atoms with Gasteiger partial charge in [-0.15, -0.1) is 0 Å². The van der Waals surface area contributed by atoms with Crippen LogP contribution < -0.4 is 10.1 Å². The maximum Gasteiger partial charge on any atom is 0.417 e. The van der Waals surface area contributed by atoms with Crippen LogP contribution in [0.15, 0.2) is 48.5 Å². The van der Waals surface area contributed by atoms with Crippen LogP contribution in [0.2, 0.25) is 0 Å². The minimum Gasteiger partial charge on any atom is -0.410 e. The molecule has 0 fully saturated rings. The molecular formula is C14H12INO2. The summed E-state index contributed by atoms with van der Waals surface area (Å²) in [6, 6.07) is 14.9. The SMILES string of the molecule is Cc1cccc(OC(=O)Nc2ccc(I)cc2)c1. The molecule has 2 rings (SSSR count). The van der Waals surface area contributed by atoms with Crippen LogP contribution in [0.1, 0.15) is 5.56 Å². The Morgan fingerprint density at radius 3 is 2.56 bits per heavy atom. The number of benzene rings is 2. The first-order valence-corrected chi connectivity index (χ1v) is 6.52. The number of nitrogens with one attached hydrogen (secondary N) is 1. The van der Waals surface area contributed by atoms with E-state index in [0.29, 0.717) is 11.4 Å². The largest absolute Gasteiger partial charge is 0.417 e. The number of amides is 1. The Hall–Kier alpha value is -1.56. The van der Waals surface area contributed by atoms with Crippen molar-refractivity contribution < 1.29 is 9.53 Å². The monoisotopic (exact) mass is 353 g/mol. The van der Waals surface area contributed by atoms with E-state index in [-0.39, 0.29) is 0 Å². The van der Waals surface area contributed by atoms with Crippen LogP contribution in [0.25, 0.3) is 0 Å². The first kappa shape index (κ1) is 12.9. The molecule has 4 heteroatoms. The van der Waals surface area contributed by atoms with Gasteiger partial charge in [0.05, 0.1) is 0 Å². The van der Waals surface area contributed by atoms with E-state index in [1.807, 2.05) is 49.4 Å². The number of rotatable bonds is 2. The Morgan fingerprint density at radius 1 is 1.17 bits per heavy atom. The molecule has 0 radical (unpaired) electrons. The van der Waals surface area contributed by atoms with E-state index in [9.17, 15) is 4.79 Å². The normalized spacial score (nSPS) is 9.89. The minimum absolute atomic E-state index is 0.484. The molecule has 0 aromatic heterocycles. The van der Waals surface area contributed by atoms with Gasteiger partial charge >= 0.3 is 6.09 Å². The quantitative estimate of drug-likeness (QED) is 0.822. The molecule has 0 aliphatic heterocycles. The van der Waals surface area contributed by atoms with E-state index in [2.05, 4.69) is 27.9 Å². The lowest BCUT2D eigenvalue weighted by molar-refractivity contribution is 0.215. The highest BCUT2D eigenvalue weighted by molar-refractivity contribution is 14.1. The lowest BCUT2D eigenvalue weighted by atomic mass is 10.2. The zero-order chi connectivity index (χ0) is 13.0. The molecule has 92 valence electrons. The first-order valence-electron chi connectivity index (χ1n) is 5.44. The van der Waals surface area contributed by atoms with Crippen molar-refractivity contribution in [3.63, 3.8) is 0 Å². The second-order valence-corrected chi connectivity index (χ2v) is 5.08. The fraction of sp³-hybridized carbons (Fsp3) is 0.0714. The average molecular weight is 353 g/mol. The molecule has 2 aromatic carbocycles. The lowest BCUT2D eigenvalue weighted by Crippen LogP contribution is -2.16. The van der Waals surface area contributed by atoms with E-state index >= 15 is 0 Å². The van der Waals surface area contributed by atoms with Crippen LogP contribution in [0.3, 0.4) is 0 Å². The predicted molar refractivity (Wildman–Crippen MR) is 80.0 cm³/mol. The van der Waals surface area contributed by atoms with Crippen molar-refractivity contribution in [2.75, 3.05) is 5.32 Å². The molecule has 0 saturated heterocycles. The summed E-state index contributed by atoms with van der Waals surface area (Å²) in [4.78, 5) is 11.6. The number of halogens is 1. The van der Waals surface area contributed by atoms with Crippen molar-refractivity contribution in [2.45, 2.75) is 6.92 Å². The van der Waals surface area contributed by atoms with Gasteiger partial charge in [-0.05, 0) is 71.5 Å². The fourth-order valence-electron chi connectivity index (χ4n) is 1.46. The number of carbonyl (C=O) groups excluding carboxylic acids is 1. The molecule has 3 nitrogen and oxygen atoms in total. The molecule has 0 aliphatic carbocycles. The van der Waals surface area contributed by atoms with E-state index in [1.54, 1.807) is 6.07 Å². The summed E-state index contributed by atoms with van der Waals surface area (Å²) in [5.74, 6) is 0.540. The summed E-state index contributed by atoms with van der Waals surface area (Å²) in [5, 5.41) is 2.67. The van der Waals surface area contributed by atoms with Crippen molar-refractivity contribution in [3.8, 4) is 5.75 Å². The van der Waals surface area contributed by atoms with Crippen LogP contribution in [0.5, 0.6) is 5.75 Å². The second-order valence-electron chi connectivity index (χ2n) is 3.84. The van der Waals surface area contributed by atoms with Crippen LogP contribution in [0.4, 0.5) is 10.5 Å². The molecule has 0 bridgehead atoms. The van der Waals surface area contributed by atoms with Gasteiger partial charge in [0, 0.05) is 9.26 Å². The third kappa shape index (κ3) is 3.73. The predicted octanol–water partition coefficient (Wildman–Crippen LogP) is 4.21. The Bertz CT molecular complexity index is 552. The van der Waals surface area contributed by atoms with Crippen molar-refractivity contribution in [1.82, 2.24) is 0 Å². The second kappa shape index (κ2) is 5.86. The molecule has 1 N–H and O–H groups in total. The summed E-state index contributed by atoms with van der Waals surface area (Å²) < 4.78 is 6.29. The highest BCUT2D eigenvalue weighted by Gasteiger charge is 2.04. The van der Waals surface area contributed by atoms with Crippen LogP contribution >= 0.6 is 22.6 Å². The van der Waals surface area contributed by atoms with Gasteiger partial charge < -0.3 is 4.74 Å². The summed E-state index contributed by atoms with van der Waals surface area (Å²) in [6.45, 7) is 1.95. The van der Waals surface area contributed by atoms with Gasteiger partial charge in [0.15, 0.2) is 0 Å². The van der Waals surface area contributed by atoms with E-state index < -0.39 is 6.09 Å². The number of ether oxygens (including phenoxy) is 1. The van der Waals surface area contributed by atoms with Gasteiger partial charge in [-0.25, -0.2) is 4.79 Å². The van der Waals surface area contributed by atoms with Gasteiger partial charge in [-0.1, -0.05) is 12.1 Å². The zero-order valence-corrected chi connectivity index (χ0v) is 12.0. The molecule has 18 heavy (non-hydrogen) atoms. The molecule has 0 spiro atoms.